The Kier molecular flexibility index (Phi) is 4.90. The molecule has 5 nitrogen and oxygen atoms in total. The summed E-state index contributed by atoms with van der Waals surface area (Å²) in [5.41, 5.74) is 0.620. The zero-order valence-corrected chi connectivity index (χ0v) is 12.6. The number of hydrogen-bond donors (Lipinski definition) is 1. The molecule has 0 saturated carbocycles. The van der Waals surface area contributed by atoms with Crippen LogP contribution in [-0.2, 0) is 14.4 Å². The Morgan fingerprint density at radius 3 is 2.45 bits per heavy atom. The second kappa shape index (κ2) is 6.68. The zero-order chi connectivity index (χ0) is 16.3. The van der Waals surface area contributed by atoms with Crippen molar-refractivity contribution in [2.45, 2.75) is 26.2 Å². The molecule has 1 saturated heterocycles. The van der Waals surface area contributed by atoms with E-state index in [9.17, 15) is 18.8 Å². The predicted molar refractivity (Wildman–Crippen MR) is 78.3 cm³/mol. The summed E-state index contributed by atoms with van der Waals surface area (Å²) in [6.45, 7) is 4.10. The Morgan fingerprint density at radius 2 is 1.91 bits per heavy atom. The number of carbonyl (C=O) groups excluding carboxylic acids is 3. The van der Waals surface area contributed by atoms with E-state index in [0.717, 1.165) is 4.90 Å². The lowest BCUT2D eigenvalue weighted by molar-refractivity contribution is -0.155. The van der Waals surface area contributed by atoms with Gasteiger partial charge >= 0.3 is 0 Å². The standard InChI is InChI=1S/C16H19FN2O3/c1-3-18-15(21)14-12(10-5-7-11(17)8-6-10)9-13(20)19(4-2)16(14)22/h5-8,12,14H,3-4,9H2,1-2H3,(H,18,21). The highest BCUT2D eigenvalue weighted by molar-refractivity contribution is 6.10. The minimum absolute atomic E-state index is 0.0625. The summed E-state index contributed by atoms with van der Waals surface area (Å²) in [5.74, 6) is -3.10. The summed E-state index contributed by atoms with van der Waals surface area (Å²) < 4.78 is 13.1. The third kappa shape index (κ3) is 3.00. The number of halogens is 1. The molecule has 118 valence electrons. The predicted octanol–water partition coefficient (Wildman–Crippen LogP) is 1.44. The molecule has 1 N–H and O–H groups in total. The van der Waals surface area contributed by atoms with Crippen LogP contribution in [0.15, 0.2) is 24.3 Å². The number of imide groups is 1. The Morgan fingerprint density at radius 1 is 1.27 bits per heavy atom. The van der Waals surface area contributed by atoms with Gasteiger partial charge in [0.2, 0.25) is 17.7 Å². The minimum atomic E-state index is -0.955. The third-order valence-electron chi connectivity index (χ3n) is 3.88. The maximum absolute atomic E-state index is 13.1. The van der Waals surface area contributed by atoms with Gasteiger partial charge in [0.15, 0.2) is 0 Å². The van der Waals surface area contributed by atoms with E-state index in [4.69, 9.17) is 0 Å². The lowest BCUT2D eigenvalue weighted by atomic mass is 9.79. The number of nitrogens with zero attached hydrogens (tertiary/aromatic N) is 1. The van der Waals surface area contributed by atoms with Crippen LogP contribution in [0.25, 0.3) is 0 Å². The zero-order valence-electron chi connectivity index (χ0n) is 12.6. The maximum Gasteiger partial charge on any atom is 0.242 e. The number of hydrogen-bond acceptors (Lipinski definition) is 3. The number of benzene rings is 1. The fraction of sp³-hybridized carbons (Fsp3) is 0.438. The molecule has 0 aromatic heterocycles. The van der Waals surface area contributed by atoms with Gasteiger partial charge in [-0.15, -0.1) is 0 Å². The van der Waals surface area contributed by atoms with Crippen molar-refractivity contribution in [2.75, 3.05) is 13.1 Å². The van der Waals surface area contributed by atoms with E-state index >= 15 is 0 Å². The summed E-state index contributed by atoms with van der Waals surface area (Å²) in [5, 5.41) is 2.64. The van der Waals surface area contributed by atoms with Gasteiger partial charge in [-0.1, -0.05) is 12.1 Å². The van der Waals surface area contributed by atoms with Gasteiger partial charge in [0.05, 0.1) is 0 Å². The average Bonchev–Trinajstić information content (AvgIpc) is 2.48. The molecule has 0 aliphatic carbocycles. The number of piperidine rings is 1. The lowest BCUT2D eigenvalue weighted by Gasteiger charge is -2.35. The van der Waals surface area contributed by atoms with E-state index in [2.05, 4.69) is 5.32 Å². The molecule has 6 heteroatoms. The van der Waals surface area contributed by atoms with Crippen molar-refractivity contribution in [1.29, 1.82) is 0 Å². The highest BCUT2D eigenvalue weighted by atomic mass is 19.1. The fourth-order valence-corrected chi connectivity index (χ4v) is 2.81. The summed E-state index contributed by atoms with van der Waals surface area (Å²) in [6, 6.07) is 5.58. The van der Waals surface area contributed by atoms with E-state index in [-0.39, 0.29) is 18.9 Å². The molecule has 2 rings (SSSR count). The minimum Gasteiger partial charge on any atom is -0.356 e. The van der Waals surface area contributed by atoms with Gasteiger partial charge < -0.3 is 5.32 Å². The molecule has 1 aromatic rings. The molecule has 0 bridgehead atoms. The Balaban J connectivity index is 2.39. The van der Waals surface area contributed by atoms with Gasteiger partial charge in [-0.2, -0.15) is 0 Å². The van der Waals surface area contributed by atoms with E-state index in [1.807, 2.05) is 0 Å². The highest BCUT2D eigenvalue weighted by Gasteiger charge is 2.45. The number of nitrogens with one attached hydrogen (secondary N) is 1. The van der Waals surface area contributed by atoms with Gasteiger partial charge in [0.25, 0.3) is 0 Å². The van der Waals surface area contributed by atoms with Crippen LogP contribution in [0.5, 0.6) is 0 Å². The third-order valence-corrected chi connectivity index (χ3v) is 3.88. The topological polar surface area (TPSA) is 66.5 Å². The highest BCUT2D eigenvalue weighted by Crippen LogP contribution is 2.34. The van der Waals surface area contributed by atoms with Gasteiger partial charge in [-0.05, 0) is 31.5 Å². The summed E-state index contributed by atoms with van der Waals surface area (Å²) >= 11 is 0. The maximum atomic E-state index is 13.1. The van der Waals surface area contributed by atoms with Crippen molar-refractivity contribution in [3.63, 3.8) is 0 Å². The lowest BCUT2D eigenvalue weighted by Crippen LogP contribution is -2.53. The molecular formula is C16H19FN2O3. The van der Waals surface area contributed by atoms with Crippen molar-refractivity contribution in [1.82, 2.24) is 10.2 Å². The largest absolute Gasteiger partial charge is 0.356 e. The Labute approximate surface area is 128 Å². The van der Waals surface area contributed by atoms with E-state index in [0.29, 0.717) is 12.1 Å². The average molecular weight is 306 g/mol. The molecule has 1 aliphatic rings. The van der Waals surface area contributed by atoms with Crippen LogP contribution in [-0.4, -0.2) is 35.7 Å². The number of amides is 3. The van der Waals surface area contributed by atoms with Crippen molar-refractivity contribution in [2.24, 2.45) is 5.92 Å². The molecule has 0 spiro atoms. The van der Waals surface area contributed by atoms with Crippen LogP contribution in [0, 0.1) is 11.7 Å². The van der Waals surface area contributed by atoms with E-state index in [1.54, 1.807) is 13.8 Å². The molecular weight excluding hydrogens is 287 g/mol. The fourth-order valence-electron chi connectivity index (χ4n) is 2.81. The number of likely N-dealkylation sites (tertiary alicyclic amines) is 1. The molecule has 2 unspecified atom stereocenters. The van der Waals surface area contributed by atoms with Crippen LogP contribution in [0.2, 0.25) is 0 Å². The normalized spacial score (nSPS) is 21.9. The van der Waals surface area contributed by atoms with Gasteiger partial charge in [0, 0.05) is 25.4 Å². The van der Waals surface area contributed by atoms with Crippen LogP contribution >= 0.6 is 0 Å². The Hall–Kier alpha value is -2.24. The van der Waals surface area contributed by atoms with E-state index < -0.39 is 29.5 Å². The molecule has 1 aromatic carbocycles. The Bertz CT molecular complexity index is 586. The monoisotopic (exact) mass is 306 g/mol. The smallest absolute Gasteiger partial charge is 0.242 e. The molecule has 1 heterocycles. The van der Waals surface area contributed by atoms with Gasteiger partial charge in [-0.25, -0.2) is 4.39 Å². The second-order valence-corrected chi connectivity index (χ2v) is 5.21. The first-order valence-electron chi connectivity index (χ1n) is 7.37. The van der Waals surface area contributed by atoms with Crippen LogP contribution in [0.4, 0.5) is 4.39 Å². The molecule has 2 atom stereocenters. The molecule has 0 radical (unpaired) electrons. The van der Waals surface area contributed by atoms with Crippen molar-refractivity contribution >= 4 is 17.7 Å². The SMILES string of the molecule is CCNC(=O)C1C(=O)N(CC)C(=O)CC1c1ccc(F)cc1. The first-order chi connectivity index (χ1) is 10.5. The molecule has 22 heavy (non-hydrogen) atoms. The second-order valence-electron chi connectivity index (χ2n) is 5.21. The van der Waals surface area contributed by atoms with Crippen LogP contribution < -0.4 is 5.32 Å². The first kappa shape index (κ1) is 16.1. The quantitative estimate of drug-likeness (QED) is 0.676. The molecule has 1 fully saturated rings. The summed E-state index contributed by atoms with van der Waals surface area (Å²) in [6.07, 6.45) is 0.0625. The first-order valence-corrected chi connectivity index (χ1v) is 7.37. The van der Waals surface area contributed by atoms with Crippen molar-refractivity contribution in [3.8, 4) is 0 Å². The summed E-state index contributed by atoms with van der Waals surface area (Å²) in [4.78, 5) is 38.0. The van der Waals surface area contributed by atoms with Gasteiger partial charge in [-0.3, -0.25) is 19.3 Å². The van der Waals surface area contributed by atoms with Crippen molar-refractivity contribution in [3.05, 3.63) is 35.6 Å². The van der Waals surface area contributed by atoms with E-state index in [1.165, 1.54) is 24.3 Å². The molecule has 1 aliphatic heterocycles. The summed E-state index contributed by atoms with van der Waals surface area (Å²) in [7, 11) is 0. The molecule has 3 amide bonds. The van der Waals surface area contributed by atoms with Gasteiger partial charge in [0.1, 0.15) is 11.7 Å². The number of rotatable bonds is 4. The van der Waals surface area contributed by atoms with Crippen LogP contribution in [0.1, 0.15) is 31.7 Å². The van der Waals surface area contributed by atoms with Crippen molar-refractivity contribution < 1.29 is 18.8 Å². The van der Waals surface area contributed by atoms with Crippen LogP contribution in [0.3, 0.4) is 0 Å². The number of carbonyl (C=O) groups is 3.